The molecule has 41 nitrogen and oxygen atoms in total. The zero-order valence-corrected chi connectivity index (χ0v) is 65.4. The van der Waals surface area contributed by atoms with E-state index in [0.29, 0.717) is 40.6 Å². The molecule has 42 heteroatoms. The summed E-state index contributed by atoms with van der Waals surface area (Å²) in [6, 6.07) is -5.71. The number of rotatable bonds is 54. The number of hydrogen-bond donors (Lipinski definition) is 23. The Morgan fingerprint density at radius 1 is 0.474 bits per heavy atom. The van der Waals surface area contributed by atoms with Crippen molar-refractivity contribution in [3.63, 3.8) is 0 Å². The minimum Gasteiger partial charge on any atom is -0.481 e. The van der Waals surface area contributed by atoms with Crippen LogP contribution >= 0.6 is 11.8 Å². The largest absolute Gasteiger partial charge is 0.481 e. The topological polar surface area (TPSA) is 706 Å². The number of aliphatic imine (C=N–C) groups is 1. The van der Waals surface area contributed by atoms with E-state index in [0.717, 1.165) is 0 Å². The van der Waals surface area contributed by atoms with Gasteiger partial charge in [-0.2, -0.15) is 11.8 Å². The molecule has 2 aromatic carbocycles. The van der Waals surface area contributed by atoms with Gasteiger partial charge in [0.25, 0.3) is 0 Å². The standard InChI is InChI=1S/C72H111N21O20S/c1-7-37(4)58(70(111)90-50(31-40-34-81-43-19-12-11-18-41(40)43)66(107)89-52(33-56(98)99)68(109)92-57(36(2)3)69(110)91-51(32-55(77)97)67(108)87-48(71(112)113)23-25-54(76)96)93-64(105)45(21-15-28-80-72(78)79)84-65(106)49(30-39-16-9-8-10-17-39)88-59(100)38(5)82-61(102)46(22-24-53(75)95)85-63(104)47(26-29-114-6)86-62(103)44(20-13-14-27-73)83-60(101)42(74)35-94/h8-12,16-19,34,36-38,42,44-52,57-58,81,94H,7,13-15,20-33,35,73-74H2,1-6H3,(H2,75,95)(H2,76,96)(H2,77,97)(H,82,102)(H,83,101)(H,84,106)(H,85,104)(H,86,103)(H,87,108)(H,88,100)(H,89,107)(H,90,111)(H,91,110)(H,92,109)(H,93,105)(H,98,99)(H,112,113)(H4,78,79,80)/t37-,38-,42-,44-,45-,46-,47-,48-,49-,50-,51-,52-,57-,58-/m0/s1. The Morgan fingerprint density at radius 2 is 0.921 bits per heavy atom. The van der Waals surface area contributed by atoms with Crippen molar-refractivity contribution >= 4 is 129 Å². The summed E-state index contributed by atoms with van der Waals surface area (Å²) >= 11 is 1.32. The number of nitrogens with one attached hydrogen (secondary N) is 13. The number of aromatic amines is 1. The highest BCUT2D eigenvalue weighted by Gasteiger charge is 2.39. The summed E-state index contributed by atoms with van der Waals surface area (Å²) < 4.78 is 0. The molecule has 1 aromatic heterocycles. The smallest absolute Gasteiger partial charge is 0.326 e. The molecule has 3 rings (SSSR count). The first-order chi connectivity index (χ1) is 53.8. The molecule has 0 spiro atoms. The molecule has 0 unspecified atom stereocenters. The van der Waals surface area contributed by atoms with Gasteiger partial charge in [-0.1, -0.05) is 82.6 Å². The van der Waals surface area contributed by atoms with Crippen molar-refractivity contribution in [1.82, 2.24) is 68.8 Å². The summed E-state index contributed by atoms with van der Waals surface area (Å²) in [5.41, 5.74) is 40.1. The molecular formula is C72H111N21O20S. The summed E-state index contributed by atoms with van der Waals surface area (Å²) in [4.78, 5) is 238. The lowest BCUT2D eigenvalue weighted by atomic mass is 9.96. The number of carboxylic acids is 2. The van der Waals surface area contributed by atoms with Gasteiger partial charge in [0.1, 0.15) is 78.5 Å². The molecule has 1 heterocycles. The van der Waals surface area contributed by atoms with Gasteiger partial charge in [-0.25, -0.2) is 4.79 Å². The van der Waals surface area contributed by atoms with E-state index >= 15 is 4.79 Å². The van der Waals surface area contributed by atoms with E-state index in [1.165, 1.54) is 38.7 Å². The average molecular weight is 1620 g/mol. The molecular weight excluding hydrogens is 1510 g/mol. The lowest BCUT2D eigenvalue weighted by molar-refractivity contribution is -0.143. The molecule has 0 saturated carbocycles. The highest BCUT2D eigenvalue weighted by Crippen LogP contribution is 2.21. The van der Waals surface area contributed by atoms with Gasteiger partial charge in [0.2, 0.25) is 88.6 Å². The number of aromatic nitrogens is 1. The van der Waals surface area contributed by atoms with E-state index in [4.69, 9.17) is 40.1 Å². The van der Waals surface area contributed by atoms with E-state index in [1.807, 2.05) is 0 Å². The van der Waals surface area contributed by atoms with Crippen LogP contribution in [0, 0.1) is 11.8 Å². The first kappa shape index (κ1) is 96.7. The van der Waals surface area contributed by atoms with Gasteiger partial charge >= 0.3 is 11.9 Å². The number of para-hydroxylation sites is 1. The van der Waals surface area contributed by atoms with Crippen molar-refractivity contribution in [2.75, 3.05) is 31.7 Å². The number of carboxylic acid groups (broad SMARTS) is 2. The SMILES string of the molecule is CC[C@H](C)[C@H](NC(=O)[C@H](CCCN=C(N)N)NC(=O)[C@H](Cc1ccccc1)NC(=O)[C@H](C)NC(=O)[C@H](CCC(N)=O)NC(=O)[C@H](CCSC)NC(=O)[C@H](CCCCN)NC(=O)[C@@H](N)CO)C(=O)N[C@@H](Cc1c[nH]c2ccccc12)C(=O)N[C@@H](CC(=O)O)C(=O)N[C@H](C(=O)N[C@@H](CC(N)=O)C(=O)N[C@@H](CCC(N)=O)C(=O)O)C(C)C. The monoisotopic (exact) mass is 1620 g/mol. The Morgan fingerprint density at radius 3 is 1.46 bits per heavy atom. The average Bonchev–Trinajstić information content (AvgIpc) is 1.61. The Kier molecular flexibility index (Phi) is 42.2. The number of amides is 15. The molecule has 0 aliphatic carbocycles. The molecule has 0 aliphatic rings. The van der Waals surface area contributed by atoms with Crippen LogP contribution in [-0.2, 0) is 94.3 Å². The Labute approximate surface area is 662 Å². The number of unbranched alkanes of at least 4 members (excludes halogenated alkanes) is 1. The van der Waals surface area contributed by atoms with Gasteiger partial charge in [-0.05, 0) is 106 Å². The molecule has 3 aromatic rings. The third-order valence-corrected chi connectivity index (χ3v) is 18.7. The van der Waals surface area contributed by atoms with Gasteiger partial charge in [0.05, 0.1) is 19.4 Å². The second-order valence-corrected chi connectivity index (χ2v) is 28.5. The minimum atomic E-state index is -2.03. The molecule has 0 bridgehead atoms. The molecule has 14 atom stereocenters. The number of H-pyrrole nitrogens is 1. The van der Waals surface area contributed by atoms with Crippen LogP contribution in [0.5, 0.6) is 0 Å². The van der Waals surface area contributed by atoms with E-state index < -0.39 is 236 Å². The third kappa shape index (κ3) is 34.2. The number of benzene rings is 2. The number of nitrogens with zero attached hydrogens (tertiary/aromatic N) is 1. The fraction of sp³-hybridized carbons (Fsp3) is 0.556. The maximum absolute atomic E-state index is 15.0. The van der Waals surface area contributed by atoms with Gasteiger partial charge in [-0.15, -0.1) is 0 Å². The van der Waals surface area contributed by atoms with Gasteiger partial charge in [0, 0.05) is 49.3 Å². The third-order valence-electron chi connectivity index (χ3n) is 18.0. The van der Waals surface area contributed by atoms with Gasteiger partial charge in [-0.3, -0.25) is 81.7 Å². The van der Waals surface area contributed by atoms with Gasteiger partial charge < -0.3 is 124 Å². The number of nitrogens with two attached hydrogens (primary N) is 7. The number of carbonyl (C=O) groups is 17. The van der Waals surface area contributed by atoms with Gasteiger partial charge in [0.15, 0.2) is 5.96 Å². The molecule has 114 heavy (non-hydrogen) atoms. The van der Waals surface area contributed by atoms with Crippen molar-refractivity contribution in [1.29, 1.82) is 0 Å². The minimum absolute atomic E-state index is 0.00257. The van der Waals surface area contributed by atoms with E-state index in [2.05, 4.69) is 73.8 Å². The zero-order chi connectivity index (χ0) is 85.5. The van der Waals surface area contributed by atoms with Crippen molar-refractivity contribution in [2.45, 2.75) is 209 Å². The number of aliphatic carboxylic acids is 2. The quantitative estimate of drug-likeness (QED) is 0.0142. The molecule has 0 fully saturated rings. The summed E-state index contributed by atoms with van der Waals surface area (Å²) in [5, 5.41) is 59.7. The van der Waals surface area contributed by atoms with Crippen LogP contribution in [0.15, 0.2) is 65.8 Å². The molecule has 30 N–H and O–H groups in total. The summed E-state index contributed by atoms with van der Waals surface area (Å²) in [5.74, 6) is -20.2. The van der Waals surface area contributed by atoms with Crippen molar-refractivity contribution in [3.8, 4) is 0 Å². The normalized spacial score (nSPS) is 14.8. The van der Waals surface area contributed by atoms with E-state index in [1.54, 1.807) is 74.7 Å². The van der Waals surface area contributed by atoms with Crippen molar-refractivity contribution in [2.24, 2.45) is 57.0 Å². The van der Waals surface area contributed by atoms with Crippen LogP contribution in [0.2, 0.25) is 0 Å². The van der Waals surface area contributed by atoms with Crippen LogP contribution < -0.4 is 104 Å². The zero-order valence-electron chi connectivity index (χ0n) is 64.5. The van der Waals surface area contributed by atoms with Crippen LogP contribution in [0.1, 0.15) is 129 Å². The lowest BCUT2D eigenvalue weighted by Crippen LogP contribution is -2.62. The first-order valence-corrected chi connectivity index (χ1v) is 38.4. The fourth-order valence-corrected chi connectivity index (χ4v) is 11.9. The van der Waals surface area contributed by atoms with Crippen LogP contribution in [0.3, 0.4) is 0 Å². The highest BCUT2D eigenvalue weighted by molar-refractivity contribution is 7.98. The molecule has 0 saturated heterocycles. The number of fused-ring (bicyclic) bond motifs is 1. The van der Waals surface area contributed by atoms with Crippen LogP contribution in [-0.4, -0.2) is 237 Å². The number of aliphatic hydroxyl groups is 1. The van der Waals surface area contributed by atoms with E-state index in [9.17, 15) is 92.0 Å². The maximum atomic E-state index is 15.0. The highest BCUT2D eigenvalue weighted by atomic mass is 32.2. The summed E-state index contributed by atoms with van der Waals surface area (Å²) in [7, 11) is 0. The van der Waals surface area contributed by atoms with Crippen molar-refractivity contribution in [3.05, 3.63) is 71.9 Å². The number of primary amides is 3. The fourth-order valence-electron chi connectivity index (χ4n) is 11.4. The Bertz CT molecular complexity index is 3840. The molecule has 0 aliphatic heterocycles. The number of thioether (sulfide) groups is 1. The molecule has 15 amide bonds. The Balaban J connectivity index is 2.05. The number of carbonyl (C=O) groups excluding carboxylic acids is 15. The number of hydrogen-bond acceptors (Lipinski definition) is 22. The van der Waals surface area contributed by atoms with Crippen LogP contribution in [0.25, 0.3) is 10.9 Å². The summed E-state index contributed by atoms with van der Waals surface area (Å²) in [6.07, 6.45) is -0.360. The predicted octanol–water partition coefficient (Wildman–Crippen LogP) is -6.29. The number of guanidine groups is 1. The summed E-state index contributed by atoms with van der Waals surface area (Å²) in [6.45, 7) is 6.80. The first-order valence-electron chi connectivity index (χ1n) is 37.0. The number of aliphatic hydroxyl groups excluding tert-OH is 1. The molecule has 630 valence electrons. The lowest BCUT2D eigenvalue weighted by Gasteiger charge is -2.30. The molecule has 0 radical (unpaired) electrons. The van der Waals surface area contributed by atoms with Crippen LogP contribution in [0.4, 0.5) is 0 Å². The maximum Gasteiger partial charge on any atom is 0.326 e. The Hall–Kier alpha value is -11.5. The second kappa shape index (κ2) is 49.8. The van der Waals surface area contributed by atoms with Crippen molar-refractivity contribution < 1.29 is 96.8 Å². The van der Waals surface area contributed by atoms with E-state index in [-0.39, 0.29) is 64.0 Å². The predicted molar refractivity (Wildman–Crippen MR) is 417 cm³/mol. The second-order valence-electron chi connectivity index (χ2n) is 27.6.